The predicted octanol–water partition coefficient (Wildman–Crippen LogP) is 5.25. The topological polar surface area (TPSA) is 35.0 Å². The average Bonchev–Trinajstić information content (AvgIpc) is 2.60. The Morgan fingerprint density at radius 1 is 1.17 bits per heavy atom. The number of halogens is 1. The monoisotopic (exact) mass is 326 g/mol. The molecule has 0 bridgehead atoms. The summed E-state index contributed by atoms with van der Waals surface area (Å²) in [5.74, 6) is 1.47. The number of aromatic nitrogens is 2. The molecule has 1 aromatic carbocycles. The number of allylic oxidation sites excluding steroid dienone is 1. The van der Waals surface area contributed by atoms with E-state index < -0.39 is 6.17 Å². The van der Waals surface area contributed by atoms with Crippen molar-refractivity contribution in [1.82, 2.24) is 9.97 Å². The van der Waals surface area contributed by atoms with E-state index in [1.165, 1.54) is 0 Å². The Kier molecular flexibility index (Phi) is 7.15. The van der Waals surface area contributed by atoms with E-state index in [0.29, 0.717) is 18.9 Å². The average molecular weight is 326 g/mol. The smallest absolute Gasteiger partial charge is 0.151 e. The molecule has 2 rings (SSSR count). The third kappa shape index (κ3) is 5.95. The van der Waals surface area contributed by atoms with Crippen LogP contribution in [0.5, 0.6) is 5.75 Å². The normalized spacial score (nSPS) is 12.2. The number of alkyl halides is 1. The minimum Gasteiger partial charge on any atom is -0.490 e. The second-order valence-electron chi connectivity index (χ2n) is 5.57. The van der Waals surface area contributed by atoms with Crippen molar-refractivity contribution in [3.63, 3.8) is 0 Å². The van der Waals surface area contributed by atoms with Crippen LogP contribution in [-0.4, -0.2) is 22.7 Å². The van der Waals surface area contributed by atoms with Crippen LogP contribution in [0.15, 0.2) is 55.4 Å². The van der Waals surface area contributed by atoms with Crippen LogP contribution in [0.4, 0.5) is 4.39 Å². The van der Waals surface area contributed by atoms with Crippen molar-refractivity contribution in [2.24, 2.45) is 0 Å². The summed E-state index contributed by atoms with van der Waals surface area (Å²) in [4.78, 5) is 8.69. The highest BCUT2D eigenvalue weighted by molar-refractivity contribution is 5.62. The Morgan fingerprint density at radius 3 is 2.50 bits per heavy atom. The zero-order valence-electron chi connectivity index (χ0n) is 14.0. The van der Waals surface area contributed by atoms with Gasteiger partial charge in [0.25, 0.3) is 0 Å². The van der Waals surface area contributed by atoms with Crippen LogP contribution < -0.4 is 4.74 Å². The molecule has 0 aliphatic carbocycles. The molecule has 2 aromatic rings. The van der Waals surface area contributed by atoms with E-state index in [0.717, 1.165) is 29.7 Å². The Balaban J connectivity index is 1.91. The van der Waals surface area contributed by atoms with Gasteiger partial charge >= 0.3 is 0 Å². The number of unbranched alkanes of at least 4 members (excludes halogenated alkanes) is 1. The number of ether oxygens (including phenoxy) is 1. The van der Waals surface area contributed by atoms with Gasteiger partial charge in [0.1, 0.15) is 12.4 Å². The van der Waals surface area contributed by atoms with Crippen LogP contribution in [0.3, 0.4) is 0 Å². The summed E-state index contributed by atoms with van der Waals surface area (Å²) >= 11 is 0. The third-order valence-corrected chi connectivity index (χ3v) is 3.47. The molecule has 0 aliphatic heterocycles. The van der Waals surface area contributed by atoms with E-state index >= 15 is 0 Å². The fourth-order valence-electron chi connectivity index (χ4n) is 2.18. The fourth-order valence-corrected chi connectivity index (χ4v) is 2.18. The molecular formula is C20H23FN2O. The molecule has 126 valence electrons. The highest BCUT2D eigenvalue weighted by atomic mass is 19.1. The Bertz CT molecular complexity index is 648. The van der Waals surface area contributed by atoms with Gasteiger partial charge in [-0.15, -0.1) is 0 Å². The molecule has 1 heterocycles. The van der Waals surface area contributed by atoms with E-state index in [-0.39, 0.29) is 0 Å². The van der Waals surface area contributed by atoms with Crippen LogP contribution in [0.25, 0.3) is 17.2 Å². The lowest BCUT2D eigenvalue weighted by Crippen LogP contribution is -1.92. The van der Waals surface area contributed by atoms with Gasteiger partial charge in [-0.05, 0) is 50.0 Å². The zero-order chi connectivity index (χ0) is 17.2. The van der Waals surface area contributed by atoms with Crippen LogP contribution in [0.1, 0.15) is 32.0 Å². The van der Waals surface area contributed by atoms with E-state index in [1.54, 1.807) is 25.4 Å². The van der Waals surface area contributed by atoms with Crippen molar-refractivity contribution in [2.75, 3.05) is 6.61 Å². The lowest BCUT2D eigenvalue weighted by molar-refractivity contribution is 0.335. The summed E-state index contributed by atoms with van der Waals surface area (Å²) in [5.41, 5.74) is 1.99. The second kappa shape index (κ2) is 9.60. The molecule has 0 saturated heterocycles. The van der Waals surface area contributed by atoms with Gasteiger partial charge in [-0.25, -0.2) is 14.4 Å². The number of hydrogen-bond donors (Lipinski definition) is 0. The molecular weight excluding hydrogens is 303 g/mol. The largest absolute Gasteiger partial charge is 0.490 e. The molecule has 24 heavy (non-hydrogen) atoms. The summed E-state index contributed by atoms with van der Waals surface area (Å²) in [5, 5.41) is 0. The maximum Gasteiger partial charge on any atom is 0.151 e. The minimum absolute atomic E-state index is 0.494. The van der Waals surface area contributed by atoms with E-state index in [1.807, 2.05) is 36.4 Å². The van der Waals surface area contributed by atoms with Crippen molar-refractivity contribution in [2.45, 2.75) is 32.4 Å². The van der Waals surface area contributed by atoms with E-state index in [2.05, 4.69) is 16.5 Å². The lowest BCUT2D eigenvalue weighted by Gasteiger charge is -2.05. The Hall–Kier alpha value is -2.49. The van der Waals surface area contributed by atoms with Gasteiger partial charge in [-0.3, -0.25) is 0 Å². The van der Waals surface area contributed by atoms with Gasteiger partial charge in [0, 0.05) is 18.0 Å². The van der Waals surface area contributed by atoms with Crippen molar-refractivity contribution < 1.29 is 9.13 Å². The minimum atomic E-state index is -0.734. The number of rotatable bonds is 9. The summed E-state index contributed by atoms with van der Waals surface area (Å²) in [6.45, 7) is 5.71. The molecule has 1 atom stereocenters. The quantitative estimate of drug-likeness (QED) is 0.466. The lowest BCUT2D eigenvalue weighted by atomic mass is 10.1. The maximum absolute atomic E-state index is 12.7. The van der Waals surface area contributed by atoms with Gasteiger partial charge in [0.05, 0.1) is 6.17 Å². The number of hydrogen-bond acceptors (Lipinski definition) is 3. The van der Waals surface area contributed by atoms with Crippen LogP contribution in [0, 0.1) is 0 Å². The SMILES string of the molecule is C=CCOc1ccc(-c2cnc(/C=C/CCCC(C)F)nc2)cc1. The molecule has 0 radical (unpaired) electrons. The first-order valence-electron chi connectivity index (χ1n) is 8.16. The summed E-state index contributed by atoms with van der Waals surface area (Å²) < 4.78 is 18.1. The second-order valence-corrected chi connectivity index (χ2v) is 5.57. The fraction of sp³-hybridized carbons (Fsp3) is 0.300. The predicted molar refractivity (Wildman–Crippen MR) is 96.6 cm³/mol. The molecule has 1 unspecified atom stereocenters. The molecule has 0 amide bonds. The van der Waals surface area contributed by atoms with E-state index in [4.69, 9.17) is 4.74 Å². The highest BCUT2D eigenvalue weighted by Crippen LogP contribution is 2.21. The molecule has 0 N–H and O–H groups in total. The van der Waals surface area contributed by atoms with Crippen molar-refractivity contribution in [1.29, 1.82) is 0 Å². The first-order chi connectivity index (χ1) is 11.7. The molecule has 3 nitrogen and oxygen atoms in total. The van der Waals surface area contributed by atoms with Crippen LogP contribution in [0.2, 0.25) is 0 Å². The summed E-state index contributed by atoms with van der Waals surface area (Å²) in [6.07, 6.45) is 10.7. The molecule has 0 fully saturated rings. The highest BCUT2D eigenvalue weighted by Gasteiger charge is 2.00. The number of benzene rings is 1. The van der Waals surface area contributed by atoms with Gasteiger partial charge in [0.2, 0.25) is 0 Å². The van der Waals surface area contributed by atoms with Gasteiger partial charge in [-0.1, -0.05) is 30.9 Å². The molecule has 1 aromatic heterocycles. The Morgan fingerprint density at radius 2 is 1.88 bits per heavy atom. The molecule has 4 heteroatoms. The van der Waals surface area contributed by atoms with Crippen LogP contribution >= 0.6 is 0 Å². The maximum atomic E-state index is 12.7. The Labute approximate surface area is 142 Å². The zero-order valence-corrected chi connectivity index (χ0v) is 14.0. The standard InChI is InChI=1S/C20H23FN2O/c1-3-13-24-19-11-9-17(10-12-19)18-14-22-20(23-15-18)8-6-4-5-7-16(2)21/h3,6,8-12,14-16H,1,4-5,7,13H2,2H3/b8-6+. The van der Waals surface area contributed by atoms with Gasteiger partial charge in [-0.2, -0.15) is 0 Å². The number of nitrogens with zero attached hydrogens (tertiary/aromatic N) is 2. The van der Waals surface area contributed by atoms with Crippen LogP contribution in [-0.2, 0) is 0 Å². The van der Waals surface area contributed by atoms with Gasteiger partial charge < -0.3 is 4.74 Å². The molecule has 0 spiro atoms. The third-order valence-electron chi connectivity index (χ3n) is 3.47. The molecule has 0 saturated carbocycles. The summed E-state index contributed by atoms with van der Waals surface area (Å²) in [6, 6.07) is 7.78. The van der Waals surface area contributed by atoms with Crippen molar-refractivity contribution in [3.05, 3.63) is 61.2 Å². The van der Waals surface area contributed by atoms with Crippen molar-refractivity contribution in [3.8, 4) is 16.9 Å². The first-order valence-corrected chi connectivity index (χ1v) is 8.16. The van der Waals surface area contributed by atoms with E-state index in [9.17, 15) is 4.39 Å². The van der Waals surface area contributed by atoms with Gasteiger partial charge in [0.15, 0.2) is 5.82 Å². The first kappa shape index (κ1) is 17.9. The summed E-state index contributed by atoms with van der Waals surface area (Å²) in [7, 11) is 0. The molecule has 0 aliphatic rings. The van der Waals surface area contributed by atoms with Crippen molar-refractivity contribution >= 4 is 6.08 Å².